The molecule has 0 bridgehead atoms. The molecule has 0 spiro atoms. The van der Waals surface area contributed by atoms with Gasteiger partial charge >= 0.3 is 0 Å². The van der Waals surface area contributed by atoms with Crippen molar-refractivity contribution >= 4 is 11.7 Å². The zero-order valence-corrected chi connectivity index (χ0v) is 23.6. The van der Waals surface area contributed by atoms with Gasteiger partial charge in [0.25, 0.3) is 0 Å². The van der Waals surface area contributed by atoms with Crippen LogP contribution in [0, 0.1) is 11.3 Å². The van der Waals surface area contributed by atoms with Crippen molar-refractivity contribution in [1.82, 2.24) is 5.32 Å². The molecule has 0 aromatic heterocycles. The zero-order valence-electron chi connectivity index (χ0n) is 23.6. The SMILES string of the molecule is C[C@@H]1C(O)[C@@H](OC2C(O)C(O[C@H]3O[C@H](CN=C(N)CO)CCC3N)[C@@H](N)C[C@H]2NC(=N)C(C)(C)O)OCC1(C)O. The lowest BCUT2D eigenvalue weighted by molar-refractivity contribution is -0.313. The van der Waals surface area contributed by atoms with Crippen molar-refractivity contribution in [2.45, 2.75) is 119 Å². The van der Waals surface area contributed by atoms with Crippen LogP contribution >= 0.6 is 0 Å². The second kappa shape index (κ2) is 13.2. The van der Waals surface area contributed by atoms with Crippen molar-refractivity contribution in [3.8, 4) is 0 Å². The third kappa shape index (κ3) is 7.86. The van der Waals surface area contributed by atoms with Crippen LogP contribution in [0.5, 0.6) is 0 Å². The average Bonchev–Trinajstić information content (AvgIpc) is 2.88. The van der Waals surface area contributed by atoms with Crippen molar-refractivity contribution in [2.24, 2.45) is 28.1 Å². The minimum absolute atomic E-state index is 0.0822. The van der Waals surface area contributed by atoms with E-state index in [1.54, 1.807) is 13.8 Å². The Morgan fingerprint density at radius 3 is 2.40 bits per heavy atom. The number of rotatable bonds is 9. The highest BCUT2D eigenvalue weighted by molar-refractivity contribution is 5.87. The molecule has 1 aliphatic carbocycles. The summed E-state index contributed by atoms with van der Waals surface area (Å²) in [7, 11) is 0. The Hall–Kier alpha value is -1.50. The molecule has 15 heteroatoms. The summed E-state index contributed by atoms with van der Waals surface area (Å²) in [4.78, 5) is 4.09. The van der Waals surface area contributed by atoms with Crippen LogP contribution in [0.3, 0.4) is 0 Å². The predicted molar refractivity (Wildman–Crippen MR) is 144 cm³/mol. The summed E-state index contributed by atoms with van der Waals surface area (Å²) < 4.78 is 23.9. The van der Waals surface area contributed by atoms with E-state index in [9.17, 15) is 20.4 Å². The maximum Gasteiger partial charge on any atom is 0.184 e. The van der Waals surface area contributed by atoms with Gasteiger partial charge in [0.05, 0.1) is 36.9 Å². The molecular formula is C25H48N6O9. The predicted octanol–water partition coefficient (Wildman–Crippen LogP) is -3.16. The van der Waals surface area contributed by atoms with Crippen molar-refractivity contribution in [3.05, 3.63) is 0 Å². The van der Waals surface area contributed by atoms with Gasteiger partial charge in [-0.05, 0) is 40.0 Å². The van der Waals surface area contributed by atoms with E-state index >= 15 is 0 Å². The number of aliphatic hydroxyl groups is 5. The van der Waals surface area contributed by atoms with Crippen LogP contribution in [-0.2, 0) is 18.9 Å². The quantitative estimate of drug-likeness (QED) is 0.0960. The molecule has 0 aromatic carbocycles. The highest BCUT2D eigenvalue weighted by Crippen LogP contribution is 2.34. The van der Waals surface area contributed by atoms with Gasteiger partial charge in [-0.3, -0.25) is 10.4 Å². The zero-order chi connectivity index (χ0) is 30.0. The van der Waals surface area contributed by atoms with Crippen LogP contribution in [-0.4, -0.2) is 129 Å². The molecule has 3 rings (SSSR count). The standard InChI is InChI=1S/C25H48N6O9/c1-11-17(33)22(37-10-25(11,4)36)40-20-15(31-23(29)24(2,3)35)7-14(27)19(18(20)34)39-21-13(26)6-5-12(38-21)8-30-16(28)9-32/h11-15,17-22,32-36H,5-10,26-27H2,1-4H3,(H2,28,30)(H2,29,31)/t11-,12+,13?,14+,15-,17?,18?,19?,20?,21-,22-,25?/m1/s1. The van der Waals surface area contributed by atoms with Gasteiger partial charge in [0.1, 0.15) is 48.3 Å². The number of nitrogens with zero attached hydrogens (tertiary/aromatic N) is 1. The summed E-state index contributed by atoms with van der Waals surface area (Å²) in [6.07, 6.45) is -5.92. The Kier molecular flexibility index (Phi) is 10.9. The molecule has 2 heterocycles. The molecule has 2 aliphatic heterocycles. The molecule has 2 saturated heterocycles. The molecule has 0 aromatic rings. The molecule has 0 radical (unpaired) electrons. The van der Waals surface area contributed by atoms with Gasteiger partial charge in [0.15, 0.2) is 12.6 Å². The number of ether oxygens (including phenoxy) is 4. The minimum atomic E-state index is -1.50. The second-order valence-electron chi connectivity index (χ2n) is 12.0. The summed E-state index contributed by atoms with van der Waals surface area (Å²) in [6, 6.07) is -2.03. The Morgan fingerprint density at radius 2 is 1.77 bits per heavy atom. The Morgan fingerprint density at radius 1 is 1.12 bits per heavy atom. The lowest BCUT2D eigenvalue weighted by atomic mass is 9.82. The van der Waals surface area contributed by atoms with E-state index in [4.69, 9.17) is 46.7 Å². The molecule has 232 valence electrons. The van der Waals surface area contributed by atoms with E-state index in [2.05, 4.69) is 10.3 Å². The summed E-state index contributed by atoms with van der Waals surface area (Å²) in [5, 5.41) is 63.4. The first kappa shape index (κ1) is 33.0. The Balaban J connectivity index is 1.79. The molecule has 6 unspecified atom stereocenters. The lowest BCUT2D eigenvalue weighted by Gasteiger charge is -2.49. The molecule has 1 saturated carbocycles. The minimum Gasteiger partial charge on any atom is -0.388 e. The molecule has 15 nitrogen and oxygen atoms in total. The van der Waals surface area contributed by atoms with E-state index in [0.717, 1.165) is 0 Å². The third-order valence-corrected chi connectivity index (χ3v) is 8.01. The Bertz CT molecular complexity index is 887. The molecule has 13 N–H and O–H groups in total. The lowest BCUT2D eigenvalue weighted by Crippen LogP contribution is -2.68. The third-order valence-electron chi connectivity index (χ3n) is 8.01. The first-order chi connectivity index (χ1) is 18.5. The summed E-state index contributed by atoms with van der Waals surface area (Å²) in [5.74, 6) is -0.733. The van der Waals surface area contributed by atoms with Gasteiger partial charge in [-0.15, -0.1) is 0 Å². The molecule has 0 amide bonds. The average molecular weight is 577 g/mol. The maximum atomic E-state index is 11.5. The molecular weight excluding hydrogens is 528 g/mol. The highest BCUT2D eigenvalue weighted by atomic mass is 16.7. The molecule has 40 heavy (non-hydrogen) atoms. The number of amidine groups is 2. The van der Waals surface area contributed by atoms with E-state index in [1.165, 1.54) is 13.8 Å². The fraction of sp³-hybridized carbons (Fsp3) is 0.920. The number of hydrogen-bond donors (Lipinski definition) is 10. The second-order valence-corrected chi connectivity index (χ2v) is 12.0. The largest absolute Gasteiger partial charge is 0.388 e. The van der Waals surface area contributed by atoms with Gasteiger partial charge in [-0.1, -0.05) is 6.92 Å². The van der Waals surface area contributed by atoms with Crippen molar-refractivity contribution in [3.63, 3.8) is 0 Å². The van der Waals surface area contributed by atoms with Crippen molar-refractivity contribution in [1.29, 1.82) is 5.41 Å². The molecule has 12 atom stereocenters. The van der Waals surface area contributed by atoms with Crippen molar-refractivity contribution < 1.29 is 44.5 Å². The van der Waals surface area contributed by atoms with Crippen molar-refractivity contribution in [2.75, 3.05) is 19.8 Å². The van der Waals surface area contributed by atoms with Gasteiger partial charge in [-0.2, -0.15) is 0 Å². The van der Waals surface area contributed by atoms with Crippen LogP contribution in [0.4, 0.5) is 0 Å². The van der Waals surface area contributed by atoms with Crippen LogP contribution in [0.25, 0.3) is 0 Å². The van der Waals surface area contributed by atoms with Crippen LogP contribution in [0.2, 0.25) is 0 Å². The van der Waals surface area contributed by atoms with E-state index < -0.39 is 72.2 Å². The van der Waals surface area contributed by atoms with Gasteiger partial charge < -0.3 is 67.0 Å². The normalized spacial score (nSPS) is 43.4. The summed E-state index contributed by atoms with van der Waals surface area (Å²) >= 11 is 0. The summed E-state index contributed by atoms with van der Waals surface area (Å²) in [5.41, 5.74) is 15.5. The van der Waals surface area contributed by atoms with Gasteiger partial charge in [0.2, 0.25) is 0 Å². The molecule has 3 fully saturated rings. The van der Waals surface area contributed by atoms with Gasteiger partial charge in [0, 0.05) is 12.0 Å². The van der Waals surface area contributed by atoms with Gasteiger partial charge in [-0.25, -0.2) is 0 Å². The van der Waals surface area contributed by atoms with Crippen LogP contribution in [0.1, 0.15) is 47.0 Å². The van der Waals surface area contributed by atoms with E-state index in [0.29, 0.717) is 12.8 Å². The first-order valence-corrected chi connectivity index (χ1v) is 13.7. The number of nitrogens with one attached hydrogen (secondary N) is 2. The van der Waals surface area contributed by atoms with E-state index in [1.807, 2.05) is 0 Å². The maximum absolute atomic E-state index is 11.5. The monoisotopic (exact) mass is 576 g/mol. The van der Waals surface area contributed by atoms with Crippen LogP contribution < -0.4 is 22.5 Å². The first-order valence-electron chi connectivity index (χ1n) is 13.7. The fourth-order valence-electron chi connectivity index (χ4n) is 5.02. The number of aliphatic imine (C=N–C) groups is 1. The highest BCUT2D eigenvalue weighted by Gasteiger charge is 2.51. The summed E-state index contributed by atoms with van der Waals surface area (Å²) in [6.45, 7) is 5.83. The smallest absolute Gasteiger partial charge is 0.184 e. The topological polar surface area (TPSA) is 264 Å². The van der Waals surface area contributed by atoms with E-state index in [-0.39, 0.29) is 44.0 Å². The fourth-order valence-corrected chi connectivity index (χ4v) is 5.02. The van der Waals surface area contributed by atoms with Crippen LogP contribution in [0.15, 0.2) is 4.99 Å². The number of hydrogen-bond acceptors (Lipinski definition) is 13. The number of nitrogens with two attached hydrogens (primary N) is 3. The number of aliphatic hydroxyl groups excluding tert-OH is 3. The Labute approximate surface area is 234 Å². The molecule has 3 aliphatic rings.